The van der Waals surface area contributed by atoms with E-state index in [0.717, 1.165) is 25.5 Å². The molecule has 0 aliphatic rings. The van der Waals surface area contributed by atoms with E-state index in [-0.39, 0.29) is 5.56 Å². The molecule has 0 aliphatic carbocycles. The zero-order valence-corrected chi connectivity index (χ0v) is 11.5. The number of aromatic nitrogens is 1. The average molecular weight is 259 g/mol. The van der Waals surface area contributed by atoms with Gasteiger partial charge in [-0.3, -0.25) is 9.28 Å². The van der Waals surface area contributed by atoms with Crippen LogP contribution in [0.2, 0.25) is 0 Å². The quantitative estimate of drug-likeness (QED) is 0.670. The third kappa shape index (κ3) is 1.65. The second-order valence-electron chi connectivity index (χ2n) is 5.36. The smallest absolute Gasteiger partial charge is 0.266 e. The van der Waals surface area contributed by atoms with Crippen molar-refractivity contribution in [1.29, 1.82) is 0 Å². The largest absolute Gasteiger partial charge is 0.321 e. The maximum absolute atomic E-state index is 11.9. The maximum Gasteiger partial charge on any atom is 0.266 e. The number of benzene rings is 1. The highest BCUT2D eigenvalue weighted by Gasteiger charge is 2.14. The van der Waals surface area contributed by atoms with Crippen molar-refractivity contribution in [3.63, 3.8) is 0 Å². The fraction of sp³-hybridized carbons (Fsp3) is 0.214. The molecule has 3 nitrogen and oxygen atoms in total. The zero-order valence-electron chi connectivity index (χ0n) is 10.7. The number of thiophene rings is 1. The molecule has 0 fully saturated rings. The lowest BCUT2D eigenvalue weighted by molar-refractivity contribution is 0.487. The van der Waals surface area contributed by atoms with Crippen LogP contribution in [-0.4, -0.2) is 26.1 Å². The Morgan fingerprint density at radius 2 is 1.89 bits per heavy atom. The van der Waals surface area contributed by atoms with Gasteiger partial charge >= 0.3 is 0 Å². The highest BCUT2D eigenvalue weighted by Crippen LogP contribution is 2.29. The molecule has 2 aromatic heterocycles. The second kappa shape index (κ2) is 3.67. The summed E-state index contributed by atoms with van der Waals surface area (Å²) in [6.07, 6.45) is 0. The van der Waals surface area contributed by atoms with Gasteiger partial charge in [0.05, 0.1) is 21.1 Å². The Morgan fingerprint density at radius 1 is 1.11 bits per heavy atom. The van der Waals surface area contributed by atoms with Gasteiger partial charge in [0, 0.05) is 28.4 Å². The Balaban J connectivity index is 2.46. The van der Waals surface area contributed by atoms with Crippen molar-refractivity contribution in [2.24, 2.45) is 0 Å². The number of fused-ring (bicyclic) bond motifs is 3. The van der Waals surface area contributed by atoms with Gasteiger partial charge in [0.15, 0.2) is 0 Å². The molecule has 0 radical (unpaired) electrons. The first-order valence-corrected chi connectivity index (χ1v) is 6.70. The Bertz CT molecular complexity index is 793. The predicted octanol–water partition coefficient (Wildman–Crippen LogP) is 2.94. The highest BCUT2D eigenvalue weighted by molar-refractivity contribution is 7.17. The van der Waals surface area contributed by atoms with Crippen molar-refractivity contribution in [1.82, 2.24) is 9.47 Å². The van der Waals surface area contributed by atoms with Crippen molar-refractivity contribution < 1.29 is 0 Å². The number of hydrogen-bond donors (Lipinski definition) is 1. The normalized spacial score (nSPS) is 12.4. The molecule has 1 aromatic carbocycles. The van der Waals surface area contributed by atoms with E-state index in [1.807, 2.05) is 17.5 Å². The van der Waals surface area contributed by atoms with Crippen molar-refractivity contribution in [3.8, 4) is 0 Å². The molecule has 0 spiro atoms. The van der Waals surface area contributed by atoms with Crippen molar-refractivity contribution in [3.05, 3.63) is 40.0 Å². The molecule has 0 unspecified atom stereocenters. The molecule has 3 aromatic rings. The molecule has 0 amide bonds. The van der Waals surface area contributed by atoms with Crippen LogP contribution in [0.5, 0.6) is 0 Å². The van der Waals surface area contributed by atoms with Crippen LogP contribution in [0.25, 0.3) is 21.0 Å². The summed E-state index contributed by atoms with van der Waals surface area (Å²) in [5, 5.41) is 4.14. The van der Waals surface area contributed by atoms with Gasteiger partial charge in [-0.25, -0.2) is 0 Å². The summed E-state index contributed by atoms with van der Waals surface area (Å²) in [7, 11) is 6.41. The van der Waals surface area contributed by atoms with Crippen molar-refractivity contribution in [2.75, 3.05) is 21.1 Å². The van der Waals surface area contributed by atoms with Gasteiger partial charge in [-0.05, 0) is 17.5 Å². The lowest BCUT2D eigenvalue weighted by Gasteiger charge is -2.23. The third-order valence-corrected chi connectivity index (χ3v) is 4.10. The predicted molar refractivity (Wildman–Crippen MR) is 79.5 cm³/mol. The second-order valence-corrected chi connectivity index (χ2v) is 6.28. The monoisotopic (exact) mass is 259 g/mol. The minimum Gasteiger partial charge on any atom is -0.321 e. The van der Waals surface area contributed by atoms with E-state index in [4.69, 9.17) is 0 Å². The Morgan fingerprint density at radius 3 is 2.61 bits per heavy atom. The molecule has 92 valence electrons. The van der Waals surface area contributed by atoms with E-state index in [1.54, 1.807) is 0 Å². The lowest BCUT2D eigenvalue weighted by Crippen LogP contribution is -2.34. The molecular formula is C14H15N2OS+. The SMILES string of the molecule is C[N+](C)(C)c1ccc2[nH]c(=O)c3sccc3c2c1. The number of nitrogens with zero attached hydrogens (tertiary/aromatic N) is 1. The number of aromatic amines is 1. The minimum atomic E-state index is 0.00509. The van der Waals surface area contributed by atoms with Crippen LogP contribution in [0.15, 0.2) is 34.4 Å². The lowest BCUT2D eigenvalue weighted by atomic mass is 10.1. The van der Waals surface area contributed by atoms with E-state index in [1.165, 1.54) is 17.0 Å². The van der Waals surface area contributed by atoms with Gasteiger partial charge in [-0.15, -0.1) is 11.3 Å². The molecular weight excluding hydrogens is 244 g/mol. The topological polar surface area (TPSA) is 32.9 Å². The van der Waals surface area contributed by atoms with Crippen LogP contribution in [0.3, 0.4) is 0 Å². The summed E-state index contributed by atoms with van der Waals surface area (Å²) in [5.41, 5.74) is 2.13. The standard InChI is InChI=1S/C14H14N2OS/c1-16(2,3)9-4-5-12-11(8-9)10-6-7-18-13(10)14(17)15-12/h4-8H,1-3H3/p+1. The van der Waals surface area contributed by atoms with Gasteiger partial charge in [0.1, 0.15) is 10.4 Å². The molecule has 0 bridgehead atoms. The molecule has 1 N–H and O–H groups in total. The first-order valence-electron chi connectivity index (χ1n) is 5.82. The fourth-order valence-electron chi connectivity index (χ4n) is 2.16. The van der Waals surface area contributed by atoms with Gasteiger partial charge < -0.3 is 4.98 Å². The summed E-state index contributed by atoms with van der Waals surface area (Å²) in [4.78, 5) is 14.8. The molecule has 0 saturated carbocycles. The summed E-state index contributed by atoms with van der Waals surface area (Å²) < 4.78 is 1.57. The molecule has 0 atom stereocenters. The maximum atomic E-state index is 11.9. The molecule has 18 heavy (non-hydrogen) atoms. The number of pyridine rings is 1. The number of nitrogens with one attached hydrogen (secondary N) is 1. The molecule has 3 rings (SSSR count). The highest BCUT2D eigenvalue weighted by atomic mass is 32.1. The number of H-pyrrole nitrogens is 1. The van der Waals surface area contributed by atoms with E-state index in [9.17, 15) is 4.79 Å². The molecule has 2 heterocycles. The van der Waals surface area contributed by atoms with Crippen molar-refractivity contribution in [2.45, 2.75) is 0 Å². The first-order chi connectivity index (χ1) is 8.47. The van der Waals surface area contributed by atoms with Gasteiger partial charge in [-0.2, -0.15) is 0 Å². The van der Waals surface area contributed by atoms with Crippen LogP contribution in [0.4, 0.5) is 5.69 Å². The number of quaternary nitrogens is 1. The van der Waals surface area contributed by atoms with E-state index in [2.05, 4.69) is 38.3 Å². The summed E-state index contributed by atoms with van der Waals surface area (Å²) in [6.45, 7) is 0. The van der Waals surface area contributed by atoms with E-state index >= 15 is 0 Å². The summed E-state index contributed by atoms with van der Waals surface area (Å²) >= 11 is 1.49. The van der Waals surface area contributed by atoms with Gasteiger partial charge in [0.2, 0.25) is 0 Å². The molecule has 4 heteroatoms. The van der Waals surface area contributed by atoms with E-state index in [0.29, 0.717) is 0 Å². The van der Waals surface area contributed by atoms with E-state index < -0.39 is 0 Å². The Hall–Kier alpha value is -1.65. The molecule has 0 saturated heterocycles. The van der Waals surface area contributed by atoms with Crippen molar-refractivity contribution >= 4 is 38.0 Å². The fourth-order valence-corrected chi connectivity index (χ4v) is 2.96. The minimum absolute atomic E-state index is 0.00509. The van der Waals surface area contributed by atoms with Crippen LogP contribution < -0.4 is 10.0 Å². The van der Waals surface area contributed by atoms with Crippen LogP contribution in [0, 0.1) is 0 Å². The molecule has 0 aliphatic heterocycles. The average Bonchev–Trinajstić information content (AvgIpc) is 2.77. The van der Waals surface area contributed by atoms with Gasteiger partial charge in [0.25, 0.3) is 5.56 Å². The third-order valence-electron chi connectivity index (χ3n) is 3.19. The summed E-state index contributed by atoms with van der Waals surface area (Å²) in [6, 6.07) is 8.25. The Labute approximate surface area is 109 Å². The first kappa shape index (κ1) is 11.4. The Kier molecular flexibility index (Phi) is 2.33. The van der Waals surface area contributed by atoms with Crippen LogP contribution in [-0.2, 0) is 0 Å². The summed E-state index contributed by atoms with van der Waals surface area (Å²) in [5.74, 6) is 0. The zero-order chi connectivity index (χ0) is 12.9. The van der Waals surface area contributed by atoms with Crippen LogP contribution in [0.1, 0.15) is 0 Å². The van der Waals surface area contributed by atoms with Crippen LogP contribution >= 0.6 is 11.3 Å². The number of hydrogen-bond acceptors (Lipinski definition) is 2. The van der Waals surface area contributed by atoms with Gasteiger partial charge in [-0.1, -0.05) is 0 Å². The number of rotatable bonds is 1.